The molecule has 0 radical (unpaired) electrons. The van der Waals surface area contributed by atoms with E-state index in [0.29, 0.717) is 5.92 Å². The van der Waals surface area contributed by atoms with Gasteiger partial charge >= 0.3 is 0 Å². The molecule has 0 spiro atoms. The van der Waals surface area contributed by atoms with Crippen molar-refractivity contribution in [2.75, 3.05) is 26.8 Å². The normalized spacial score (nSPS) is 13.2. The molecule has 1 aromatic carbocycles. The standard InChI is InChI=1S/C20H35N3O/c1-6-24-14-8-7-13-22-20(21-5)23-17(4)19-11-9-18(10-12-19)15-16(2)3/h9-12,16-17H,6-8,13-15H2,1-5H3,(H2,21,22,23). The van der Waals surface area contributed by atoms with E-state index < -0.39 is 0 Å². The second-order valence-corrected chi connectivity index (χ2v) is 6.61. The first-order valence-corrected chi connectivity index (χ1v) is 9.20. The third-order valence-corrected chi connectivity index (χ3v) is 3.91. The van der Waals surface area contributed by atoms with Crippen molar-refractivity contribution in [3.63, 3.8) is 0 Å². The Morgan fingerprint density at radius 2 is 1.83 bits per heavy atom. The van der Waals surface area contributed by atoms with Gasteiger partial charge in [0.1, 0.15) is 0 Å². The summed E-state index contributed by atoms with van der Waals surface area (Å²) in [6.07, 6.45) is 3.29. The molecule has 1 aromatic rings. The smallest absolute Gasteiger partial charge is 0.191 e. The fraction of sp³-hybridized carbons (Fsp3) is 0.650. The van der Waals surface area contributed by atoms with Crippen LogP contribution in [0.25, 0.3) is 0 Å². The molecule has 0 saturated carbocycles. The van der Waals surface area contributed by atoms with Crippen molar-refractivity contribution >= 4 is 5.96 Å². The van der Waals surface area contributed by atoms with Gasteiger partial charge in [0.2, 0.25) is 0 Å². The highest BCUT2D eigenvalue weighted by Gasteiger charge is 2.08. The number of guanidine groups is 1. The quantitative estimate of drug-likeness (QED) is 0.387. The van der Waals surface area contributed by atoms with E-state index in [-0.39, 0.29) is 6.04 Å². The van der Waals surface area contributed by atoms with Gasteiger partial charge in [-0.1, -0.05) is 38.1 Å². The highest BCUT2D eigenvalue weighted by Crippen LogP contribution is 2.15. The number of aliphatic imine (C=N–C) groups is 1. The molecule has 0 aliphatic heterocycles. The average Bonchev–Trinajstić information content (AvgIpc) is 2.56. The zero-order valence-electron chi connectivity index (χ0n) is 16.1. The minimum Gasteiger partial charge on any atom is -0.382 e. The molecule has 1 unspecified atom stereocenters. The van der Waals surface area contributed by atoms with Crippen LogP contribution in [0.15, 0.2) is 29.3 Å². The Morgan fingerprint density at radius 3 is 2.42 bits per heavy atom. The molecule has 1 rings (SSSR count). The lowest BCUT2D eigenvalue weighted by molar-refractivity contribution is 0.143. The lowest BCUT2D eigenvalue weighted by Gasteiger charge is -2.19. The van der Waals surface area contributed by atoms with Gasteiger partial charge in [-0.25, -0.2) is 0 Å². The maximum atomic E-state index is 5.35. The van der Waals surface area contributed by atoms with Crippen LogP contribution in [0.4, 0.5) is 0 Å². The van der Waals surface area contributed by atoms with Crippen LogP contribution in [-0.2, 0) is 11.2 Å². The molecule has 0 heterocycles. The number of ether oxygens (including phenoxy) is 1. The molecule has 4 heteroatoms. The largest absolute Gasteiger partial charge is 0.382 e. The lowest BCUT2D eigenvalue weighted by atomic mass is 10.00. The highest BCUT2D eigenvalue weighted by molar-refractivity contribution is 5.80. The molecular weight excluding hydrogens is 298 g/mol. The Hall–Kier alpha value is -1.55. The summed E-state index contributed by atoms with van der Waals surface area (Å²) in [6.45, 7) is 11.2. The van der Waals surface area contributed by atoms with Crippen LogP contribution in [0.1, 0.15) is 57.7 Å². The van der Waals surface area contributed by atoms with E-state index in [9.17, 15) is 0 Å². The van der Waals surface area contributed by atoms with E-state index in [2.05, 4.69) is 60.7 Å². The van der Waals surface area contributed by atoms with Crippen molar-refractivity contribution in [1.29, 1.82) is 0 Å². The summed E-state index contributed by atoms with van der Waals surface area (Å²) in [5, 5.41) is 6.82. The van der Waals surface area contributed by atoms with Gasteiger partial charge in [-0.3, -0.25) is 4.99 Å². The Labute approximate surface area is 148 Å². The van der Waals surface area contributed by atoms with Gasteiger partial charge in [-0.05, 0) is 50.2 Å². The van der Waals surface area contributed by atoms with Gasteiger partial charge in [0.25, 0.3) is 0 Å². The van der Waals surface area contributed by atoms with Crippen molar-refractivity contribution in [2.24, 2.45) is 10.9 Å². The summed E-state index contributed by atoms with van der Waals surface area (Å²) in [4.78, 5) is 4.31. The van der Waals surface area contributed by atoms with Crippen LogP contribution >= 0.6 is 0 Å². The highest BCUT2D eigenvalue weighted by atomic mass is 16.5. The SMILES string of the molecule is CCOCCCCNC(=NC)NC(C)c1ccc(CC(C)C)cc1. The zero-order chi connectivity index (χ0) is 17.8. The van der Waals surface area contributed by atoms with Gasteiger partial charge < -0.3 is 15.4 Å². The molecule has 0 aliphatic carbocycles. The zero-order valence-corrected chi connectivity index (χ0v) is 16.1. The maximum Gasteiger partial charge on any atom is 0.191 e. The van der Waals surface area contributed by atoms with Crippen LogP contribution in [0.3, 0.4) is 0 Å². The fourth-order valence-electron chi connectivity index (χ4n) is 2.58. The summed E-state index contributed by atoms with van der Waals surface area (Å²) in [5.74, 6) is 1.54. The molecule has 136 valence electrons. The second kappa shape index (κ2) is 11.9. The van der Waals surface area contributed by atoms with Gasteiger partial charge in [0.15, 0.2) is 5.96 Å². The van der Waals surface area contributed by atoms with Crippen molar-refractivity contribution < 1.29 is 4.74 Å². The van der Waals surface area contributed by atoms with Gasteiger partial charge in [-0.15, -0.1) is 0 Å². The Kier molecular flexibility index (Phi) is 10.2. The number of unbranched alkanes of at least 4 members (excludes halogenated alkanes) is 1. The van der Waals surface area contributed by atoms with Crippen LogP contribution in [-0.4, -0.2) is 32.8 Å². The molecule has 24 heavy (non-hydrogen) atoms. The van der Waals surface area contributed by atoms with Crippen molar-refractivity contribution in [3.8, 4) is 0 Å². The third kappa shape index (κ3) is 8.34. The molecule has 2 N–H and O–H groups in total. The van der Waals surface area contributed by atoms with Gasteiger partial charge in [-0.2, -0.15) is 0 Å². The van der Waals surface area contributed by atoms with Gasteiger partial charge in [0.05, 0.1) is 6.04 Å². The predicted octanol–water partition coefficient (Wildman–Crippen LogP) is 3.93. The molecule has 0 aliphatic rings. The first-order chi connectivity index (χ1) is 11.6. The molecule has 0 saturated heterocycles. The maximum absolute atomic E-state index is 5.35. The molecule has 0 aromatic heterocycles. The number of hydrogen-bond donors (Lipinski definition) is 2. The lowest BCUT2D eigenvalue weighted by Crippen LogP contribution is -2.39. The molecule has 0 amide bonds. The van der Waals surface area contributed by atoms with E-state index >= 15 is 0 Å². The summed E-state index contributed by atoms with van der Waals surface area (Å²) >= 11 is 0. The van der Waals surface area contributed by atoms with Crippen LogP contribution < -0.4 is 10.6 Å². The van der Waals surface area contributed by atoms with Crippen LogP contribution in [0.5, 0.6) is 0 Å². The van der Waals surface area contributed by atoms with Crippen molar-refractivity contribution in [1.82, 2.24) is 10.6 Å². The van der Waals surface area contributed by atoms with E-state index in [1.807, 2.05) is 14.0 Å². The molecule has 0 bridgehead atoms. The Morgan fingerprint density at radius 1 is 1.12 bits per heavy atom. The average molecular weight is 334 g/mol. The number of nitrogens with zero attached hydrogens (tertiary/aromatic N) is 1. The number of hydrogen-bond acceptors (Lipinski definition) is 2. The van der Waals surface area contributed by atoms with Crippen molar-refractivity contribution in [3.05, 3.63) is 35.4 Å². The molecule has 1 atom stereocenters. The topological polar surface area (TPSA) is 45.6 Å². The van der Waals surface area contributed by atoms with E-state index in [1.165, 1.54) is 11.1 Å². The summed E-state index contributed by atoms with van der Waals surface area (Å²) in [7, 11) is 1.81. The first kappa shape index (κ1) is 20.5. The number of rotatable bonds is 10. The summed E-state index contributed by atoms with van der Waals surface area (Å²) in [5.41, 5.74) is 2.68. The second-order valence-electron chi connectivity index (χ2n) is 6.61. The number of benzene rings is 1. The summed E-state index contributed by atoms with van der Waals surface area (Å²) in [6, 6.07) is 9.12. The van der Waals surface area contributed by atoms with Crippen molar-refractivity contribution in [2.45, 2.75) is 53.0 Å². The van der Waals surface area contributed by atoms with E-state index in [1.54, 1.807) is 0 Å². The molecular formula is C20H35N3O. The monoisotopic (exact) mass is 333 g/mol. The minimum absolute atomic E-state index is 0.229. The number of nitrogens with one attached hydrogen (secondary N) is 2. The Balaban J connectivity index is 2.39. The van der Waals surface area contributed by atoms with Gasteiger partial charge in [0, 0.05) is 26.8 Å². The molecule has 4 nitrogen and oxygen atoms in total. The molecule has 0 fully saturated rings. The van der Waals surface area contributed by atoms with E-state index in [0.717, 1.165) is 45.0 Å². The first-order valence-electron chi connectivity index (χ1n) is 9.20. The van der Waals surface area contributed by atoms with Crippen LogP contribution in [0, 0.1) is 5.92 Å². The minimum atomic E-state index is 0.229. The summed E-state index contributed by atoms with van der Waals surface area (Å²) < 4.78 is 5.35. The van der Waals surface area contributed by atoms with Crippen LogP contribution in [0.2, 0.25) is 0 Å². The Bertz CT molecular complexity index is 468. The third-order valence-electron chi connectivity index (χ3n) is 3.91. The fourth-order valence-corrected chi connectivity index (χ4v) is 2.58. The predicted molar refractivity (Wildman–Crippen MR) is 104 cm³/mol. The van der Waals surface area contributed by atoms with E-state index in [4.69, 9.17) is 4.74 Å².